The van der Waals surface area contributed by atoms with E-state index < -0.39 is 9.28 Å². The molecule has 0 saturated heterocycles. The Morgan fingerprint density at radius 2 is 1.62 bits per heavy atom. The van der Waals surface area contributed by atoms with Crippen molar-refractivity contribution in [2.45, 2.75) is 6.04 Å². The summed E-state index contributed by atoms with van der Waals surface area (Å²) < 4.78 is 10.6. The summed E-state index contributed by atoms with van der Waals surface area (Å²) in [6.07, 6.45) is 0. The predicted molar refractivity (Wildman–Crippen MR) is 67.4 cm³/mol. The molecular formula is C13H15O2Si. The van der Waals surface area contributed by atoms with E-state index in [2.05, 4.69) is 42.5 Å². The first-order chi connectivity index (χ1) is 7.83. The van der Waals surface area contributed by atoms with E-state index in [9.17, 15) is 0 Å². The van der Waals surface area contributed by atoms with Gasteiger partial charge in [0.2, 0.25) is 0 Å². The van der Waals surface area contributed by atoms with Crippen molar-refractivity contribution in [2.24, 2.45) is 0 Å². The standard InChI is InChI=1S/C13H15O2Si/c1-14-16(15-2)10-11-7-8-12-5-3-4-6-13(12)9-11/h3-9H,10H2,1-2H3. The molecular weight excluding hydrogens is 216 g/mol. The lowest BCUT2D eigenvalue weighted by Gasteiger charge is -2.09. The van der Waals surface area contributed by atoms with Gasteiger partial charge >= 0.3 is 9.28 Å². The molecule has 0 spiro atoms. The summed E-state index contributed by atoms with van der Waals surface area (Å²) in [5.41, 5.74) is 1.27. The Labute approximate surface area is 97.7 Å². The van der Waals surface area contributed by atoms with E-state index in [1.165, 1.54) is 16.3 Å². The molecule has 3 heteroatoms. The number of hydrogen-bond acceptors (Lipinski definition) is 2. The second-order valence-corrected chi connectivity index (χ2v) is 5.55. The van der Waals surface area contributed by atoms with Crippen LogP contribution in [0.15, 0.2) is 42.5 Å². The average Bonchev–Trinajstić information content (AvgIpc) is 2.35. The van der Waals surface area contributed by atoms with Gasteiger partial charge in [-0.05, 0) is 16.3 Å². The molecule has 83 valence electrons. The zero-order valence-corrected chi connectivity index (χ0v) is 10.6. The molecule has 2 aromatic rings. The van der Waals surface area contributed by atoms with Gasteiger partial charge in [0.25, 0.3) is 0 Å². The highest BCUT2D eigenvalue weighted by molar-refractivity contribution is 6.43. The van der Waals surface area contributed by atoms with Crippen LogP contribution in [0.3, 0.4) is 0 Å². The van der Waals surface area contributed by atoms with Crippen molar-refractivity contribution in [3.8, 4) is 0 Å². The Morgan fingerprint density at radius 3 is 2.31 bits per heavy atom. The SMILES string of the molecule is CO[Si](Cc1ccc2ccccc2c1)OC. The fraction of sp³-hybridized carbons (Fsp3) is 0.231. The van der Waals surface area contributed by atoms with Crippen molar-refractivity contribution in [1.29, 1.82) is 0 Å². The normalized spacial score (nSPS) is 11.2. The molecule has 0 unspecified atom stereocenters. The smallest absolute Gasteiger partial charge is 0.388 e. The lowest BCUT2D eigenvalue weighted by Crippen LogP contribution is -2.22. The first kappa shape index (κ1) is 11.3. The Bertz CT molecular complexity index is 466. The van der Waals surface area contributed by atoms with Crippen LogP contribution < -0.4 is 0 Å². The molecule has 2 nitrogen and oxygen atoms in total. The van der Waals surface area contributed by atoms with Crippen molar-refractivity contribution >= 4 is 20.1 Å². The van der Waals surface area contributed by atoms with Crippen molar-refractivity contribution < 1.29 is 8.85 Å². The maximum absolute atomic E-state index is 5.30. The minimum atomic E-state index is -1.14. The highest BCUT2D eigenvalue weighted by Gasteiger charge is 2.12. The third-order valence-corrected chi connectivity index (χ3v) is 4.23. The fourth-order valence-electron chi connectivity index (χ4n) is 1.74. The van der Waals surface area contributed by atoms with Gasteiger partial charge in [-0.25, -0.2) is 0 Å². The van der Waals surface area contributed by atoms with Gasteiger partial charge in [-0.2, -0.15) is 0 Å². The number of fused-ring (bicyclic) bond motifs is 1. The molecule has 2 aromatic carbocycles. The largest absolute Gasteiger partial charge is 0.397 e. The number of rotatable bonds is 4. The van der Waals surface area contributed by atoms with Crippen LogP contribution in [-0.4, -0.2) is 23.5 Å². The Hall–Kier alpha value is -1.16. The summed E-state index contributed by atoms with van der Waals surface area (Å²) in [7, 11) is 2.27. The van der Waals surface area contributed by atoms with Gasteiger partial charge in [0.15, 0.2) is 0 Å². The second-order valence-electron chi connectivity index (χ2n) is 3.64. The summed E-state index contributed by atoms with van der Waals surface area (Å²) in [4.78, 5) is 0. The lowest BCUT2D eigenvalue weighted by molar-refractivity contribution is 0.277. The summed E-state index contributed by atoms with van der Waals surface area (Å²) in [6, 6.07) is 15.7. The molecule has 0 N–H and O–H groups in total. The molecule has 0 aromatic heterocycles. The number of hydrogen-bond donors (Lipinski definition) is 0. The highest BCUT2D eigenvalue weighted by Crippen LogP contribution is 2.16. The van der Waals surface area contributed by atoms with E-state index in [0.717, 1.165) is 6.04 Å². The summed E-state index contributed by atoms with van der Waals surface area (Å²) in [5, 5.41) is 2.54. The maximum atomic E-state index is 5.30. The molecule has 0 heterocycles. The highest BCUT2D eigenvalue weighted by atomic mass is 28.3. The molecule has 0 saturated carbocycles. The van der Waals surface area contributed by atoms with Gasteiger partial charge in [0.1, 0.15) is 0 Å². The monoisotopic (exact) mass is 231 g/mol. The lowest BCUT2D eigenvalue weighted by atomic mass is 10.1. The third kappa shape index (κ3) is 2.50. The van der Waals surface area contributed by atoms with E-state index in [0.29, 0.717) is 0 Å². The maximum Gasteiger partial charge on any atom is 0.388 e. The molecule has 2 rings (SSSR count). The predicted octanol–water partition coefficient (Wildman–Crippen LogP) is 2.70. The second kappa shape index (κ2) is 5.25. The van der Waals surface area contributed by atoms with Gasteiger partial charge in [0.05, 0.1) is 0 Å². The first-order valence-corrected chi connectivity index (χ1v) is 6.77. The van der Waals surface area contributed by atoms with Crippen LogP contribution >= 0.6 is 0 Å². The minimum Gasteiger partial charge on any atom is -0.397 e. The fourth-order valence-corrected chi connectivity index (χ4v) is 2.75. The first-order valence-electron chi connectivity index (χ1n) is 5.25. The molecule has 0 bridgehead atoms. The third-order valence-electron chi connectivity index (χ3n) is 2.62. The van der Waals surface area contributed by atoms with Gasteiger partial charge in [-0.15, -0.1) is 0 Å². The van der Waals surface area contributed by atoms with Crippen molar-refractivity contribution in [1.82, 2.24) is 0 Å². The molecule has 0 amide bonds. The molecule has 0 aliphatic heterocycles. The van der Waals surface area contributed by atoms with E-state index in [1.807, 2.05) is 0 Å². The summed E-state index contributed by atoms with van der Waals surface area (Å²) in [5.74, 6) is 0. The van der Waals surface area contributed by atoms with E-state index in [4.69, 9.17) is 8.85 Å². The van der Waals surface area contributed by atoms with Gasteiger partial charge in [-0.1, -0.05) is 42.5 Å². The van der Waals surface area contributed by atoms with Crippen molar-refractivity contribution in [3.05, 3.63) is 48.0 Å². The Morgan fingerprint density at radius 1 is 0.938 bits per heavy atom. The molecule has 16 heavy (non-hydrogen) atoms. The van der Waals surface area contributed by atoms with E-state index in [1.54, 1.807) is 14.2 Å². The molecule has 0 fully saturated rings. The topological polar surface area (TPSA) is 18.5 Å². The van der Waals surface area contributed by atoms with E-state index in [-0.39, 0.29) is 0 Å². The molecule has 0 aliphatic rings. The van der Waals surface area contributed by atoms with Crippen LogP contribution in [0.5, 0.6) is 0 Å². The van der Waals surface area contributed by atoms with Crippen LogP contribution in [0.4, 0.5) is 0 Å². The van der Waals surface area contributed by atoms with Gasteiger partial charge in [-0.3, -0.25) is 0 Å². The Balaban J connectivity index is 2.25. The number of benzene rings is 2. The molecule has 0 aliphatic carbocycles. The van der Waals surface area contributed by atoms with E-state index >= 15 is 0 Å². The van der Waals surface area contributed by atoms with Crippen LogP contribution in [0.25, 0.3) is 10.8 Å². The summed E-state index contributed by atoms with van der Waals surface area (Å²) >= 11 is 0. The van der Waals surface area contributed by atoms with Crippen LogP contribution in [0.2, 0.25) is 0 Å². The average molecular weight is 231 g/mol. The minimum absolute atomic E-state index is 0.877. The zero-order valence-electron chi connectivity index (χ0n) is 9.57. The van der Waals surface area contributed by atoms with Crippen LogP contribution in [0, 0.1) is 0 Å². The van der Waals surface area contributed by atoms with Crippen molar-refractivity contribution in [2.75, 3.05) is 14.2 Å². The quantitative estimate of drug-likeness (QED) is 0.753. The molecule has 0 atom stereocenters. The van der Waals surface area contributed by atoms with Gasteiger partial charge < -0.3 is 8.85 Å². The zero-order chi connectivity index (χ0) is 11.4. The van der Waals surface area contributed by atoms with Crippen molar-refractivity contribution in [3.63, 3.8) is 0 Å². The Kier molecular flexibility index (Phi) is 3.72. The van der Waals surface area contributed by atoms with Crippen LogP contribution in [-0.2, 0) is 14.9 Å². The summed E-state index contributed by atoms with van der Waals surface area (Å²) in [6.45, 7) is 0. The van der Waals surface area contributed by atoms with Crippen LogP contribution in [0.1, 0.15) is 5.56 Å². The molecule has 1 radical (unpaired) electrons. The van der Waals surface area contributed by atoms with Gasteiger partial charge in [0, 0.05) is 20.3 Å².